The van der Waals surface area contributed by atoms with E-state index in [-0.39, 0.29) is 16.8 Å². The van der Waals surface area contributed by atoms with Crippen LogP contribution in [-0.4, -0.2) is 42.9 Å². The molecular formula is C19H18N4O4S. The zero-order valence-electron chi connectivity index (χ0n) is 15.2. The molecule has 0 fully saturated rings. The minimum Gasteiger partial charge on any atom is -0.403 e. The molecule has 0 atom stereocenters. The largest absolute Gasteiger partial charge is 0.403 e. The van der Waals surface area contributed by atoms with Crippen molar-refractivity contribution >= 4 is 28.0 Å². The Bertz CT molecular complexity index is 1090. The monoisotopic (exact) mass is 398 g/mol. The van der Waals surface area contributed by atoms with Crippen LogP contribution < -0.4 is 5.32 Å². The van der Waals surface area contributed by atoms with Gasteiger partial charge < -0.3 is 4.42 Å². The van der Waals surface area contributed by atoms with E-state index < -0.39 is 15.9 Å². The Morgan fingerprint density at radius 3 is 2.36 bits per heavy atom. The molecule has 1 amide bonds. The molecule has 2 aromatic carbocycles. The highest BCUT2D eigenvalue weighted by atomic mass is 32.2. The van der Waals surface area contributed by atoms with Crippen molar-refractivity contribution in [2.24, 2.45) is 0 Å². The number of sulfonamides is 1. The minimum atomic E-state index is -3.51. The van der Waals surface area contributed by atoms with Gasteiger partial charge in [0, 0.05) is 25.7 Å². The van der Waals surface area contributed by atoms with Crippen LogP contribution >= 0.6 is 0 Å². The van der Waals surface area contributed by atoms with Gasteiger partial charge >= 0.3 is 6.01 Å². The summed E-state index contributed by atoms with van der Waals surface area (Å²) in [5.41, 5.74) is 1.42. The highest BCUT2D eigenvalue weighted by molar-refractivity contribution is 7.89. The van der Waals surface area contributed by atoms with Crippen molar-refractivity contribution in [1.82, 2.24) is 14.5 Å². The zero-order valence-corrected chi connectivity index (χ0v) is 16.1. The molecule has 144 valence electrons. The third kappa shape index (κ3) is 4.51. The van der Waals surface area contributed by atoms with Gasteiger partial charge in [-0.05, 0) is 35.9 Å². The second kappa shape index (κ2) is 8.15. The summed E-state index contributed by atoms with van der Waals surface area (Å²) in [5.74, 6) is -0.248. The molecule has 0 aliphatic carbocycles. The number of carbonyl (C=O) groups excluding carboxylic acids is 1. The molecule has 3 aromatic rings. The van der Waals surface area contributed by atoms with Crippen molar-refractivity contribution in [3.63, 3.8) is 0 Å². The average Bonchev–Trinajstić information content (AvgIpc) is 3.15. The van der Waals surface area contributed by atoms with Gasteiger partial charge in [-0.3, -0.25) is 10.1 Å². The third-order valence-corrected chi connectivity index (χ3v) is 5.59. The van der Waals surface area contributed by atoms with Crippen molar-refractivity contribution < 1.29 is 17.6 Å². The van der Waals surface area contributed by atoms with Crippen LogP contribution in [0.4, 0.5) is 6.01 Å². The summed E-state index contributed by atoms with van der Waals surface area (Å²) in [5, 5.41) is 10.1. The van der Waals surface area contributed by atoms with Gasteiger partial charge in [0.1, 0.15) is 0 Å². The molecule has 0 aliphatic heterocycles. The molecule has 8 nitrogen and oxygen atoms in total. The highest BCUT2D eigenvalue weighted by Crippen LogP contribution is 2.22. The summed E-state index contributed by atoms with van der Waals surface area (Å²) < 4.78 is 30.7. The van der Waals surface area contributed by atoms with E-state index in [0.717, 1.165) is 9.87 Å². The van der Waals surface area contributed by atoms with E-state index in [1.54, 1.807) is 18.2 Å². The van der Waals surface area contributed by atoms with E-state index in [9.17, 15) is 13.2 Å². The van der Waals surface area contributed by atoms with E-state index in [0.29, 0.717) is 5.56 Å². The van der Waals surface area contributed by atoms with Crippen LogP contribution in [0.25, 0.3) is 17.5 Å². The molecule has 0 bridgehead atoms. The molecule has 1 N–H and O–H groups in total. The number of hydrogen-bond acceptors (Lipinski definition) is 6. The molecule has 0 saturated heterocycles. The molecule has 9 heteroatoms. The van der Waals surface area contributed by atoms with Crippen LogP contribution in [0.15, 0.2) is 70.0 Å². The summed E-state index contributed by atoms with van der Waals surface area (Å²) in [7, 11) is -0.592. The maximum absolute atomic E-state index is 12.1. The Morgan fingerprint density at radius 1 is 1.04 bits per heavy atom. The van der Waals surface area contributed by atoms with Crippen LogP contribution in [0.2, 0.25) is 0 Å². The van der Waals surface area contributed by atoms with Gasteiger partial charge in [0.25, 0.3) is 5.91 Å². The van der Waals surface area contributed by atoms with E-state index in [2.05, 4.69) is 15.5 Å². The van der Waals surface area contributed by atoms with Crippen LogP contribution in [0.5, 0.6) is 0 Å². The fourth-order valence-electron chi connectivity index (χ4n) is 2.25. The molecule has 1 heterocycles. The van der Waals surface area contributed by atoms with Crippen LogP contribution in [-0.2, 0) is 14.8 Å². The number of aromatic nitrogens is 2. The standard InChI is InChI=1S/C19H18N4O4S/c1-23(2)28(25,26)16-11-9-15(10-12-16)18-21-22-19(27-18)20-17(24)13-8-14-6-4-3-5-7-14/h3-13H,1-2H3,(H,20,22,24)/b13-8+. The fourth-order valence-corrected chi connectivity index (χ4v) is 3.16. The van der Waals surface area contributed by atoms with Gasteiger partial charge in [-0.15, -0.1) is 5.10 Å². The van der Waals surface area contributed by atoms with E-state index in [1.807, 2.05) is 30.3 Å². The normalized spacial score (nSPS) is 11.8. The van der Waals surface area contributed by atoms with Crippen LogP contribution in [0.1, 0.15) is 5.56 Å². The van der Waals surface area contributed by atoms with Gasteiger partial charge in [-0.1, -0.05) is 35.4 Å². The highest BCUT2D eigenvalue weighted by Gasteiger charge is 2.17. The topological polar surface area (TPSA) is 105 Å². The number of nitrogens with zero attached hydrogens (tertiary/aromatic N) is 3. The van der Waals surface area contributed by atoms with E-state index in [4.69, 9.17) is 4.42 Å². The van der Waals surface area contributed by atoms with Gasteiger partial charge in [0.15, 0.2) is 0 Å². The first-order valence-corrected chi connectivity index (χ1v) is 9.71. The first kappa shape index (κ1) is 19.5. The van der Waals surface area contributed by atoms with Gasteiger partial charge in [-0.2, -0.15) is 0 Å². The van der Waals surface area contributed by atoms with Crippen molar-refractivity contribution in [3.05, 3.63) is 66.2 Å². The van der Waals surface area contributed by atoms with Crippen molar-refractivity contribution in [2.45, 2.75) is 4.90 Å². The summed E-state index contributed by atoms with van der Waals surface area (Å²) in [6, 6.07) is 15.3. The Labute approximate surface area is 162 Å². The van der Waals surface area contributed by atoms with Gasteiger partial charge in [-0.25, -0.2) is 12.7 Å². The number of benzene rings is 2. The first-order valence-electron chi connectivity index (χ1n) is 8.27. The van der Waals surface area contributed by atoms with E-state index in [1.165, 1.54) is 32.3 Å². The molecule has 0 unspecified atom stereocenters. The lowest BCUT2D eigenvalue weighted by atomic mass is 10.2. The Kier molecular flexibility index (Phi) is 5.67. The van der Waals surface area contributed by atoms with Crippen molar-refractivity contribution in [3.8, 4) is 11.5 Å². The summed E-state index contributed by atoms with van der Waals surface area (Å²) in [6.07, 6.45) is 3.02. The average molecular weight is 398 g/mol. The molecule has 28 heavy (non-hydrogen) atoms. The van der Waals surface area contributed by atoms with Crippen LogP contribution in [0, 0.1) is 0 Å². The quantitative estimate of drug-likeness (QED) is 0.640. The fraction of sp³-hybridized carbons (Fsp3) is 0.105. The minimum absolute atomic E-state index is 0.0531. The zero-order chi connectivity index (χ0) is 20.1. The summed E-state index contributed by atoms with van der Waals surface area (Å²) >= 11 is 0. The molecule has 0 saturated carbocycles. The second-order valence-electron chi connectivity index (χ2n) is 5.96. The summed E-state index contributed by atoms with van der Waals surface area (Å²) in [4.78, 5) is 12.1. The first-order chi connectivity index (χ1) is 13.4. The smallest absolute Gasteiger partial charge is 0.322 e. The third-order valence-electron chi connectivity index (χ3n) is 3.76. The number of carbonyl (C=O) groups is 1. The predicted octanol–water partition coefficient (Wildman–Crippen LogP) is 2.64. The Morgan fingerprint density at radius 2 is 1.71 bits per heavy atom. The Hall–Kier alpha value is -3.30. The lowest BCUT2D eigenvalue weighted by Gasteiger charge is -2.11. The molecule has 0 radical (unpaired) electrons. The maximum Gasteiger partial charge on any atom is 0.322 e. The number of anilines is 1. The molecule has 0 aliphatic rings. The molecule has 3 rings (SSSR count). The maximum atomic E-state index is 12.1. The second-order valence-corrected chi connectivity index (χ2v) is 8.11. The van der Waals surface area contributed by atoms with Gasteiger partial charge in [0.2, 0.25) is 15.9 Å². The lowest BCUT2D eigenvalue weighted by Crippen LogP contribution is -2.22. The molecular weight excluding hydrogens is 380 g/mol. The summed E-state index contributed by atoms with van der Waals surface area (Å²) in [6.45, 7) is 0. The number of rotatable bonds is 6. The number of hydrogen-bond donors (Lipinski definition) is 1. The van der Waals surface area contributed by atoms with Crippen molar-refractivity contribution in [2.75, 3.05) is 19.4 Å². The predicted molar refractivity (Wildman–Crippen MR) is 105 cm³/mol. The lowest BCUT2D eigenvalue weighted by molar-refractivity contribution is -0.112. The Balaban J connectivity index is 1.68. The molecule has 0 spiro atoms. The van der Waals surface area contributed by atoms with Gasteiger partial charge in [0.05, 0.1) is 4.90 Å². The van der Waals surface area contributed by atoms with Crippen LogP contribution in [0.3, 0.4) is 0 Å². The van der Waals surface area contributed by atoms with Crippen molar-refractivity contribution in [1.29, 1.82) is 0 Å². The SMILES string of the molecule is CN(C)S(=O)(=O)c1ccc(-c2nnc(NC(=O)/C=C/c3ccccc3)o2)cc1. The molecule has 1 aromatic heterocycles. The van der Waals surface area contributed by atoms with E-state index >= 15 is 0 Å². The number of nitrogens with one attached hydrogen (secondary N) is 1. The number of amides is 1.